The molecular formula is C17H17N3OS4. The van der Waals surface area contributed by atoms with Gasteiger partial charge < -0.3 is 5.32 Å². The van der Waals surface area contributed by atoms with Crippen molar-refractivity contribution < 1.29 is 4.79 Å². The molecule has 1 aromatic carbocycles. The number of hydrogen-bond donors (Lipinski definition) is 1. The number of pyridine rings is 1. The van der Waals surface area contributed by atoms with E-state index in [0.29, 0.717) is 5.75 Å². The number of rotatable bonds is 6. The molecule has 0 aliphatic rings. The summed E-state index contributed by atoms with van der Waals surface area (Å²) in [5.74, 6) is 0.288. The van der Waals surface area contributed by atoms with Crippen molar-refractivity contribution in [2.45, 2.75) is 21.2 Å². The predicted molar refractivity (Wildman–Crippen MR) is 112 cm³/mol. The number of aryl methyl sites for hydroxylation is 1. The Hall–Kier alpha value is -1.22. The Balaban J connectivity index is 1.70. The van der Waals surface area contributed by atoms with Gasteiger partial charge in [0.1, 0.15) is 5.03 Å². The van der Waals surface area contributed by atoms with Crippen LogP contribution in [0.5, 0.6) is 0 Å². The van der Waals surface area contributed by atoms with Crippen LogP contribution in [0.4, 0.5) is 5.69 Å². The van der Waals surface area contributed by atoms with Crippen molar-refractivity contribution in [3.05, 3.63) is 36.0 Å². The molecule has 4 nitrogen and oxygen atoms in total. The molecule has 0 unspecified atom stereocenters. The lowest BCUT2D eigenvalue weighted by atomic mass is 10.3. The van der Waals surface area contributed by atoms with Crippen LogP contribution in [0.3, 0.4) is 0 Å². The Kier molecular flexibility index (Phi) is 6.27. The number of amides is 1. The molecule has 1 amide bonds. The first-order valence-corrected chi connectivity index (χ1v) is 11.7. The Morgan fingerprint density at radius 2 is 2.00 bits per heavy atom. The lowest BCUT2D eigenvalue weighted by molar-refractivity contribution is -0.113. The van der Waals surface area contributed by atoms with Crippen LogP contribution in [-0.4, -0.2) is 34.1 Å². The fourth-order valence-electron chi connectivity index (χ4n) is 2.25. The topological polar surface area (TPSA) is 54.9 Å². The number of aromatic nitrogens is 2. The largest absolute Gasteiger partial charge is 0.322 e. The fourth-order valence-corrected chi connectivity index (χ4v) is 5.43. The van der Waals surface area contributed by atoms with Gasteiger partial charge in [-0.3, -0.25) is 4.79 Å². The van der Waals surface area contributed by atoms with Gasteiger partial charge in [-0.25, -0.2) is 9.97 Å². The first-order chi connectivity index (χ1) is 12.1. The third-order valence-corrected chi connectivity index (χ3v) is 6.98. The van der Waals surface area contributed by atoms with Crippen molar-refractivity contribution in [1.82, 2.24) is 9.97 Å². The van der Waals surface area contributed by atoms with Crippen molar-refractivity contribution in [3.63, 3.8) is 0 Å². The molecule has 3 rings (SSSR count). The van der Waals surface area contributed by atoms with E-state index in [9.17, 15) is 4.79 Å². The molecular weight excluding hydrogens is 390 g/mol. The molecule has 0 fully saturated rings. The molecule has 2 aromatic heterocycles. The lowest BCUT2D eigenvalue weighted by Gasteiger charge is -2.13. The number of para-hydroxylation sites is 1. The number of fused-ring (bicyclic) bond motifs is 1. The summed E-state index contributed by atoms with van der Waals surface area (Å²) in [6, 6.07) is 10.0. The van der Waals surface area contributed by atoms with E-state index in [4.69, 9.17) is 0 Å². The third-order valence-electron chi connectivity index (χ3n) is 3.36. The summed E-state index contributed by atoms with van der Waals surface area (Å²) < 4.78 is 2.05. The summed E-state index contributed by atoms with van der Waals surface area (Å²) in [5.41, 5.74) is 2.74. The second-order valence-electron chi connectivity index (χ2n) is 5.13. The monoisotopic (exact) mass is 407 g/mol. The van der Waals surface area contributed by atoms with Crippen LogP contribution in [0.25, 0.3) is 10.2 Å². The van der Waals surface area contributed by atoms with Gasteiger partial charge in [-0.2, -0.15) is 0 Å². The summed E-state index contributed by atoms with van der Waals surface area (Å²) in [5, 5.41) is 3.87. The van der Waals surface area contributed by atoms with Gasteiger partial charge in [0, 0.05) is 10.6 Å². The van der Waals surface area contributed by atoms with Crippen LogP contribution in [0, 0.1) is 6.92 Å². The highest BCUT2D eigenvalue weighted by molar-refractivity contribution is 8.01. The van der Waals surface area contributed by atoms with Crippen molar-refractivity contribution in [2.24, 2.45) is 0 Å². The molecule has 2 heterocycles. The molecule has 0 radical (unpaired) electrons. The van der Waals surface area contributed by atoms with Crippen LogP contribution in [-0.2, 0) is 4.79 Å². The van der Waals surface area contributed by atoms with E-state index in [1.807, 2.05) is 49.8 Å². The molecule has 0 aliphatic heterocycles. The molecule has 0 bridgehead atoms. The Labute approximate surface area is 163 Å². The van der Waals surface area contributed by atoms with Gasteiger partial charge in [-0.15, -0.1) is 34.9 Å². The fraction of sp³-hybridized carbons (Fsp3) is 0.235. The molecule has 0 spiro atoms. The first-order valence-electron chi connectivity index (χ1n) is 7.48. The minimum Gasteiger partial charge on any atom is -0.322 e. The van der Waals surface area contributed by atoms with Gasteiger partial charge in [-0.05, 0) is 37.6 Å². The molecule has 8 heteroatoms. The van der Waals surface area contributed by atoms with Crippen LogP contribution in [0.2, 0.25) is 0 Å². The van der Waals surface area contributed by atoms with Crippen molar-refractivity contribution in [3.8, 4) is 0 Å². The highest BCUT2D eigenvalue weighted by atomic mass is 32.2. The number of benzene rings is 1. The van der Waals surface area contributed by atoms with Gasteiger partial charge in [0.2, 0.25) is 5.91 Å². The maximum atomic E-state index is 12.4. The number of anilines is 1. The van der Waals surface area contributed by atoms with E-state index in [2.05, 4.69) is 15.3 Å². The van der Waals surface area contributed by atoms with Gasteiger partial charge in [0.25, 0.3) is 0 Å². The summed E-state index contributed by atoms with van der Waals surface area (Å²) in [7, 11) is 0. The summed E-state index contributed by atoms with van der Waals surface area (Å²) in [6.07, 6.45) is 3.97. The molecule has 0 saturated heterocycles. The quantitative estimate of drug-likeness (QED) is 0.569. The second kappa shape index (κ2) is 8.44. The van der Waals surface area contributed by atoms with E-state index in [-0.39, 0.29) is 5.91 Å². The summed E-state index contributed by atoms with van der Waals surface area (Å²) >= 11 is 6.23. The van der Waals surface area contributed by atoms with Gasteiger partial charge in [0.15, 0.2) is 4.34 Å². The van der Waals surface area contributed by atoms with Crippen LogP contribution >= 0.6 is 46.6 Å². The molecule has 0 atom stereocenters. The molecule has 1 N–H and O–H groups in total. The standard InChI is InChI=1S/C17H17N3OS4/c1-10-8-13(22-2)15(16(18-10)23-3)20-14(21)9-24-17-19-11-6-4-5-7-12(11)25-17/h4-8H,9H2,1-3H3,(H,20,21). The van der Waals surface area contributed by atoms with Crippen LogP contribution < -0.4 is 5.32 Å². The van der Waals surface area contributed by atoms with E-state index >= 15 is 0 Å². The van der Waals surface area contributed by atoms with Crippen molar-refractivity contribution in [2.75, 3.05) is 23.6 Å². The molecule has 130 valence electrons. The van der Waals surface area contributed by atoms with E-state index in [0.717, 1.165) is 35.9 Å². The van der Waals surface area contributed by atoms with Crippen molar-refractivity contribution >= 4 is 68.4 Å². The van der Waals surface area contributed by atoms with Crippen LogP contribution in [0.1, 0.15) is 5.69 Å². The average molecular weight is 408 g/mol. The predicted octanol–water partition coefficient (Wildman–Crippen LogP) is 5.17. The van der Waals surface area contributed by atoms with E-state index < -0.39 is 0 Å². The maximum absolute atomic E-state index is 12.4. The number of thiazole rings is 1. The third kappa shape index (κ3) is 4.49. The zero-order chi connectivity index (χ0) is 17.8. The average Bonchev–Trinajstić information content (AvgIpc) is 3.04. The first kappa shape index (κ1) is 18.6. The summed E-state index contributed by atoms with van der Waals surface area (Å²) in [6.45, 7) is 1.97. The lowest BCUT2D eigenvalue weighted by Crippen LogP contribution is -2.16. The molecule has 25 heavy (non-hydrogen) atoms. The second-order valence-corrected chi connectivity index (χ2v) is 9.03. The maximum Gasteiger partial charge on any atom is 0.234 e. The SMILES string of the molecule is CSc1cc(C)nc(SC)c1NC(=O)CSc1nc2ccccc2s1. The number of hydrogen-bond acceptors (Lipinski definition) is 7. The van der Waals surface area contributed by atoms with Crippen molar-refractivity contribution in [1.29, 1.82) is 0 Å². The molecule has 0 saturated carbocycles. The molecule has 0 aliphatic carbocycles. The summed E-state index contributed by atoms with van der Waals surface area (Å²) in [4.78, 5) is 22.5. The minimum atomic E-state index is -0.0412. The Morgan fingerprint density at radius 3 is 2.72 bits per heavy atom. The number of thioether (sulfide) groups is 3. The van der Waals surface area contributed by atoms with E-state index in [1.165, 1.54) is 11.8 Å². The molecule has 3 aromatic rings. The number of carbonyl (C=O) groups excluding carboxylic acids is 1. The van der Waals surface area contributed by atoms with Crippen LogP contribution in [0.15, 0.2) is 44.6 Å². The highest BCUT2D eigenvalue weighted by Gasteiger charge is 2.14. The smallest absolute Gasteiger partial charge is 0.234 e. The number of nitrogens with zero attached hydrogens (tertiary/aromatic N) is 2. The van der Waals surface area contributed by atoms with Gasteiger partial charge >= 0.3 is 0 Å². The minimum absolute atomic E-state index is 0.0412. The van der Waals surface area contributed by atoms with Gasteiger partial charge in [0.05, 0.1) is 21.7 Å². The Morgan fingerprint density at radius 1 is 1.20 bits per heavy atom. The normalized spacial score (nSPS) is 11.0. The zero-order valence-electron chi connectivity index (χ0n) is 14.0. The Bertz CT molecular complexity index is 852. The highest BCUT2D eigenvalue weighted by Crippen LogP contribution is 2.34. The zero-order valence-corrected chi connectivity index (χ0v) is 17.3. The van der Waals surface area contributed by atoms with Gasteiger partial charge in [-0.1, -0.05) is 23.9 Å². The van der Waals surface area contributed by atoms with E-state index in [1.54, 1.807) is 34.9 Å². The number of carbonyl (C=O) groups is 1. The number of nitrogens with one attached hydrogen (secondary N) is 1.